The Kier molecular flexibility index (Phi) is 3.75. The molecule has 2 heterocycles. The van der Waals surface area contributed by atoms with Crippen molar-refractivity contribution in [1.29, 1.82) is 0 Å². The van der Waals surface area contributed by atoms with Gasteiger partial charge >= 0.3 is 0 Å². The number of pyridine rings is 1. The summed E-state index contributed by atoms with van der Waals surface area (Å²) in [6.45, 7) is 2.68. The van der Waals surface area contributed by atoms with Crippen LogP contribution < -0.4 is 5.73 Å². The number of carbonyl (C=O) groups excluding carboxylic acids is 1. The number of aromatic nitrogens is 1. The van der Waals surface area contributed by atoms with Crippen LogP contribution in [0.15, 0.2) is 54.6 Å². The maximum Gasteiger partial charge on any atom is 0.248 e. The molecule has 0 fully saturated rings. The first kappa shape index (κ1) is 14.8. The van der Waals surface area contributed by atoms with E-state index in [-0.39, 0.29) is 5.91 Å². The summed E-state index contributed by atoms with van der Waals surface area (Å²) in [6.07, 6.45) is 0.935. The molecule has 3 aromatic rings. The van der Waals surface area contributed by atoms with Gasteiger partial charge < -0.3 is 5.73 Å². The molecule has 4 nitrogen and oxygen atoms in total. The van der Waals surface area contributed by atoms with Crippen LogP contribution in [0.2, 0.25) is 0 Å². The van der Waals surface area contributed by atoms with E-state index in [1.165, 1.54) is 16.5 Å². The highest BCUT2D eigenvalue weighted by atomic mass is 16.1. The van der Waals surface area contributed by atoms with E-state index in [2.05, 4.69) is 29.2 Å². The first-order valence-electron chi connectivity index (χ1n) is 8.18. The Bertz CT molecular complexity index is 920. The molecule has 24 heavy (non-hydrogen) atoms. The average molecular weight is 317 g/mol. The Morgan fingerprint density at radius 2 is 1.96 bits per heavy atom. The number of benzene rings is 2. The summed E-state index contributed by atoms with van der Waals surface area (Å²) in [6, 6.07) is 18.2. The smallest absolute Gasteiger partial charge is 0.248 e. The second-order valence-electron chi connectivity index (χ2n) is 6.30. The second-order valence-corrected chi connectivity index (χ2v) is 6.30. The third-order valence-corrected chi connectivity index (χ3v) is 4.62. The number of hydrogen-bond donors (Lipinski definition) is 1. The zero-order valence-corrected chi connectivity index (χ0v) is 13.4. The number of rotatable bonds is 3. The van der Waals surface area contributed by atoms with Crippen LogP contribution in [0.25, 0.3) is 10.9 Å². The third-order valence-electron chi connectivity index (χ3n) is 4.62. The lowest BCUT2D eigenvalue weighted by Gasteiger charge is -2.28. The van der Waals surface area contributed by atoms with Gasteiger partial charge in [0.15, 0.2) is 0 Å². The van der Waals surface area contributed by atoms with E-state index in [1.54, 1.807) is 0 Å². The molecular weight excluding hydrogens is 298 g/mol. The molecule has 0 radical (unpaired) electrons. The molecule has 1 aromatic heterocycles. The van der Waals surface area contributed by atoms with Crippen molar-refractivity contribution in [2.75, 3.05) is 6.54 Å². The van der Waals surface area contributed by atoms with Crippen LogP contribution >= 0.6 is 0 Å². The van der Waals surface area contributed by atoms with Crippen molar-refractivity contribution in [2.45, 2.75) is 19.5 Å². The molecule has 2 N–H and O–H groups in total. The lowest BCUT2D eigenvalue weighted by Crippen LogP contribution is -2.30. The standard InChI is InChI=1S/C20H19N3O/c21-20(24)16-5-6-17-12-23(10-9-15(17)11-16)13-18-8-7-14-3-1-2-4-19(14)22-18/h1-8,11H,9-10,12-13H2,(H2,21,24). The van der Waals surface area contributed by atoms with E-state index in [9.17, 15) is 4.79 Å². The minimum absolute atomic E-state index is 0.361. The van der Waals surface area contributed by atoms with Crippen LogP contribution in [0, 0.1) is 0 Å². The summed E-state index contributed by atoms with van der Waals surface area (Å²) in [5.41, 5.74) is 10.6. The van der Waals surface area contributed by atoms with Crippen molar-refractivity contribution in [1.82, 2.24) is 9.88 Å². The lowest BCUT2D eigenvalue weighted by molar-refractivity contribution is 0.1000. The van der Waals surface area contributed by atoms with Crippen molar-refractivity contribution >= 4 is 16.8 Å². The number of fused-ring (bicyclic) bond motifs is 2. The lowest BCUT2D eigenvalue weighted by atomic mass is 9.97. The van der Waals surface area contributed by atoms with E-state index in [1.807, 2.05) is 30.3 Å². The fraction of sp³-hybridized carbons (Fsp3) is 0.200. The summed E-state index contributed by atoms with van der Waals surface area (Å²) >= 11 is 0. The van der Waals surface area contributed by atoms with E-state index >= 15 is 0 Å². The molecule has 4 heteroatoms. The molecule has 1 aliphatic rings. The number of nitrogens with zero attached hydrogens (tertiary/aromatic N) is 2. The van der Waals surface area contributed by atoms with Crippen LogP contribution in [0.5, 0.6) is 0 Å². The van der Waals surface area contributed by atoms with Crippen LogP contribution in [0.3, 0.4) is 0 Å². The number of nitrogens with two attached hydrogens (primary N) is 1. The van der Waals surface area contributed by atoms with Crippen LogP contribution in [0.4, 0.5) is 0 Å². The van der Waals surface area contributed by atoms with Gasteiger partial charge in [0.25, 0.3) is 0 Å². The van der Waals surface area contributed by atoms with Gasteiger partial charge in [0.05, 0.1) is 11.2 Å². The van der Waals surface area contributed by atoms with Crippen LogP contribution in [0.1, 0.15) is 27.2 Å². The molecule has 0 saturated carbocycles. The molecule has 0 unspecified atom stereocenters. The largest absolute Gasteiger partial charge is 0.366 e. The van der Waals surface area contributed by atoms with Crippen molar-refractivity contribution in [3.05, 3.63) is 77.0 Å². The Balaban J connectivity index is 1.52. The topological polar surface area (TPSA) is 59.2 Å². The molecule has 1 amide bonds. The number of para-hydroxylation sites is 1. The zero-order valence-electron chi connectivity index (χ0n) is 13.4. The number of primary amides is 1. The minimum Gasteiger partial charge on any atom is -0.366 e. The zero-order chi connectivity index (χ0) is 16.5. The van der Waals surface area contributed by atoms with Crippen LogP contribution in [-0.2, 0) is 19.5 Å². The van der Waals surface area contributed by atoms with E-state index in [4.69, 9.17) is 10.7 Å². The SMILES string of the molecule is NC(=O)c1ccc2c(c1)CCN(Cc1ccc3ccccc3n1)C2. The summed E-state index contributed by atoms with van der Waals surface area (Å²) in [7, 11) is 0. The normalized spacial score (nSPS) is 14.5. The number of amides is 1. The van der Waals surface area contributed by atoms with Crippen LogP contribution in [-0.4, -0.2) is 22.3 Å². The second kappa shape index (κ2) is 6.06. The molecule has 1 aliphatic heterocycles. The fourth-order valence-corrected chi connectivity index (χ4v) is 3.33. The molecule has 4 rings (SSSR count). The number of hydrogen-bond acceptors (Lipinski definition) is 3. The van der Waals surface area contributed by atoms with Gasteiger partial charge in [-0.25, -0.2) is 0 Å². The monoisotopic (exact) mass is 317 g/mol. The third kappa shape index (κ3) is 2.88. The van der Waals surface area contributed by atoms with Gasteiger partial charge in [0.1, 0.15) is 0 Å². The molecule has 2 aromatic carbocycles. The van der Waals surface area contributed by atoms with Gasteiger partial charge in [-0.3, -0.25) is 14.7 Å². The maximum atomic E-state index is 11.3. The van der Waals surface area contributed by atoms with Gasteiger partial charge in [-0.05, 0) is 41.8 Å². The van der Waals surface area contributed by atoms with Gasteiger partial charge in [0.2, 0.25) is 5.91 Å². The number of carbonyl (C=O) groups is 1. The van der Waals surface area contributed by atoms with E-state index in [0.717, 1.165) is 37.3 Å². The van der Waals surface area contributed by atoms with Gasteiger partial charge in [-0.2, -0.15) is 0 Å². The summed E-state index contributed by atoms with van der Waals surface area (Å²) < 4.78 is 0. The minimum atomic E-state index is -0.361. The first-order chi connectivity index (χ1) is 11.7. The van der Waals surface area contributed by atoms with E-state index < -0.39 is 0 Å². The summed E-state index contributed by atoms with van der Waals surface area (Å²) in [4.78, 5) is 18.5. The van der Waals surface area contributed by atoms with E-state index in [0.29, 0.717) is 5.56 Å². The average Bonchev–Trinajstić information content (AvgIpc) is 2.61. The molecule has 0 saturated heterocycles. The molecule has 120 valence electrons. The highest BCUT2D eigenvalue weighted by Gasteiger charge is 2.18. The van der Waals surface area contributed by atoms with Crippen molar-refractivity contribution < 1.29 is 4.79 Å². The van der Waals surface area contributed by atoms with Crippen molar-refractivity contribution in [3.63, 3.8) is 0 Å². The molecule has 0 spiro atoms. The molecule has 0 atom stereocenters. The van der Waals surface area contributed by atoms with Gasteiger partial charge in [-0.15, -0.1) is 0 Å². The predicted molar refractivity (Wildman–Crippen MR) is 94.5 cm³/mol. The fourth-order valence-electron chi connectivity index (χ4n) is 3.33. The predicted octanol–water partition coefficient (Wildman–Crippen LogP) is 2.89. The summed E-state index contributed by atoms with van der Waals surface area (Å²) in [5, 5.41) is 1.17. The highest BCUT2D eigenvalue weighted by molar-refractivity contribution is 5.93. The highest BCUT2D eigenvalue weighted by Crippen LogP contribution is 2.22. The Labute approximate surface area is 140 Å². The molecule has 0 bridgehead atoms. The molecule has 0 aliphatic carbocycles. The van der Waals surface area contributed by atoms with Crippen molar-refractivity contribution in [3.8, 4) is 0 Å². The Hall–Kier alpha value is -2.72. The van der Waals surface area contributed by atoms with Gasteiger partial charge in [0, 0.05) is 30.6 Å². The quantitative estimate of drug-likeness (QED) is 0.808. The Morgan fingerprint density at radius 3 is 2.83 bits per heavy atom. The summed E-state index contributed by atoms with van der Waals surface area (Å²) in [5.74, 6) is -0.361. The van der Waals surface area contributed by atoms with Crippen molar-refractivity contribution in [2.24, 2.45) is 5.73 Å². The van der Waals surface area contributed by atoms with Gasteiger partial charge in [-0.1, -0.05) is 30.3 Å². The Morgan fingerprint density at radius 1 is 1.08 bits per heavy atom. The molecular formula is C20H19N3O. The first-order valence-corrected chi connectivity index (χ1v) is 8.18. The maximum absolute atomic E-state index is 11.3.